The predicted octanol–water partition coefficient (Wildman–Crippen LogP) is 7.58. The minimum Gasteiger partial charge on any atom is -0.357 e. The number of pyridine rings is 2. The van der Waals surface area contributed by atoms with Gasteiger partial charge in [0, 0.05) is 50.7 Å². The van der Waals surface area contributed by atoms with Gasteiger partial charge in [-0.25, -0.2) is 4.98 Å². The molecule has 0 amide bonds. The maximum absolute atomic E-state index is 5.36. The Labute approximate surface area is 214 Å². The Morgan fingerprint density at radius 1 is 0.757 bits per heavy atom. The van der Waals surface area contributed by atoms with E-state index in [2.05, 4.69) is 47.2 Å². The third-order valence-corrected chi connectivity index (χ3v) is 9.83. The first kappa shape index (κ1) is 20.3. The first-order valence-corrected chi connectivity index (χ1v) is 13.8. The summed E-state index contributed by atoms with van der Waals surface area (Å²) < 4.78 is 0. The molecule has 0 unspecified atom stereocenters. The van der Waals surface area contributed by atoms with Crippen molar-refractivity contribution in [1.82, 2.24) is 24.9 Å². The molecule has 0 atom stereocenters. The molecule has 4 bridgehead atoms. The number of benzene rings is 2. The molecule has 5 heteroatoms. The summed E-state index contributed by atoms with van der Waals surface area (Å²) in [6, 6.07) is 15.1. The number of hydrogen-bond acceptors (Lipinski definition) is 3. The lowest BCUT2D eigenvalue weighted by Crippen LogP contribution is -2.48. The van der Waals surface area contributed by atoms with Crippen molar-refractivity contribution in [1.29, 1.82) is 0 Å². The highest BCUT2D eigenvalue weighted by molar-refractivity contribution is 6.21. The van der Waals surface area contributed by atoms with Crippen molar-refractivity contribution in [3.8, 4) is 11.4 Å². The molecule has 37 heavy (non-hydrogen) atoms. The van der Waals surface area contributed by atoms with Crippen LogP contribution in [0.3, 0.4) is 0 Å². The summed E-state index contributed by atoms with van der Waals surface area (Å²) in [5.74, 6) is 3.62. The summed E-state index contributed by atoms with van der Waals surface area (Å²) in [5, 5.41) is 3.42. The van der Waals surface area contributed by atoms with Crippen LogP contribution in [0.1, 0.15) is 49.8 Å². The van der Waals surface area contributed by atoms with Crippen LogP contribution in [0, 0.1) is 24.7 Å². The molecule has 0 aliphatic heterocycles. The number of aromatic nitrogens is 5. The predicted molar refractivity (Wildman–Crippen MR) is 149 cm³/mol. The van der Waals surface area contributed by atoms with E-state index >= 15 is 0 Å². The van der Waals surface area contributed by atoms with Crippen molar-refractivity contribution >= 4 is 43.7 Å². The van der Waals surface area contributed by atoms with Gasteiger partial charge in [-0.3, -0.25) is 9.97 Å². The van der Waals surface area contributed by atoms with Gasteiger partial charge in [0.25, 0.3) is 0 Å². The number of fused-ring (bicyclic) bond motifs is 7. The summed E-state index contributed by atoms with van der Waals surface area (Å²) in [6.45, 7) is 2.19. The summed E-state index contributed by atoms with van der Waals surface area (Å²) >= 11 is 0. The van der Waals surface area contributed by atoms with E-state index in [0.29, 0.717) is 0 Å². The molecule has 4 aliphatic carbocycles. The fourth-order valence-electron chi connectivity index (χ4n) is 8.83. The van der Waals surface area contributed by atoms with Crippen LogP contribution < -0.4 is 0 Å². The second kappa shape index (κ2) is 6.97. The Morgan fingerprint density at radius 3 is 2.16 bits per heavy atom. The van der Waals surface area contributed by atoms with Crippen LogP contribution in [-0.2, 0) is 5.41 Å². The van der Waals surface area contributed by atoms with Crippen molar-refractivity contribution in [2.45, 2.75) is 50.9 Å². The van der Waals surface area contributed by atoms with E-state index in [4.69, 9.17) is 15.0 Å². The second-order valence-electron chi connectivity index (χ2n) is 12.2. The molecular formula is C32H29N5. The minimum absolute atomic E-state index is 0.239. The Morgan fingerprint density at radius 2 is 1.43 bits per heavy atom. The van der Waals surface area contributed by atoms with E-state index in [0.717, 1.165) is 56.4 Å². The molecule has 4 aromatic heterocycles. The number of hydrogen-bond donors (Lipinski definition) is 2. The number of H-pyrrole nitrogens is 2. The molecule has 4 fully saturated rings. The second-order valence-corrected chi connectivity index (χ2v) is 12.2. The molecule has 4 heterocycles. The largest absolute Gasteiger partial charge is 0.357 e. The molecule has 4 saturated carbocycles. The van der Waals surface area contributed by atoms with Crippen molar-refractivity contribution in [3.63, 3.8) is 0 Å². The number of nitrogens with one attached hydrogen (secondary N) is 2. The van der Waals surface area contributed by atoms with Crippen molar-refractivity contribution < 1.29 is 0 Å². The number of nitrogens with zero attached hydrogens (tertiary/aromatic N) is 3. The zero-order valence-electron chi connectivity index (χ0n) is 21.0. The van der Waals surface area contributed by atoms with Gasteiger partial charge in [0.15, 0.2) is 0 Å². The minimum atomic E-state index is 0.239. The molecule has 4 aliphatic rings. The first-order valence-electron chi connectivity index (χ1n) is 13.8. The standard InChI is InChI=1S/C32H29N5/c1-17-6-7-24-23(10-17)25(30(35-24)32-14-18-11-19(15-32)13-20(12-18)16-32)31-36-28-21-4-2-8-33-26(21)27-22(29(28)37-31)5-3-9-34-27/h2-10,18-20,35H,11-16H2,1H3,(H,36,37). The van der Waals surface area contributed by atoms with Crippen molar-refractivity contribution in [2.75, 3.05) is 0 Å². The molecule has 5 nitrogen and oxygen atoms in total. The van der Waals surface area contributed by atoms with Crippen LogP contribution in [0.4, 0.5) is 0 Å². The molecular weight excluding hydrogens is 454 g/mol. The van der Waals surface area contributed by atoms with Crippen LogP contribution in [0.15, 0.2) is 54.9 Å². The fourth-order valence-corrected chi connectivity index (χ4v) is 8.83. The normalized spacial score (nSPS) is 26.8. The molecule has 2 aromatic carbocycles. The zero-order chi connectivity index (χ0) is 24.3. The lowest BCUT2D eigenvalue weighted by Gasteiger charge is -2.56. The van der Waals surface area contributed by atoms with E-state index < -0.39 is 0 Å². The van der Waals surface area contributed by atoms with Gasteiger partial charge < -0.3 is 9.97 Å². The topological polar surface area (TPSA) is 70.2 Å². The molecule has 2 N–H and O–H groups in total. The highest BCUT2D eigenvalue weighted by Crippen LogP contribution is 2.62. The van der Waals surface area contributed by atoms with Crippen molar-refractivity contribution in [3.05, 3.63) is 66.1 Å². The summed E-state index contributed by atoms with van der Waals surface area (Å²) in [7, 11) is 0. The first-order chi connectivity index (χ1) is 18.1. The van der Waals surface area contributed by atoms with Crippen LogP contribution in [-0.4, -0.2) is 24.9 Å². The van der Waals surface area contributed by atoms with Gasteiger partial charge in [0.1, 0.15) is 5.82 Å². The van der Waals surface area contributed by atoms with Gasteiger partial charge in [-0.15, -0.1) is 0 Å². The van der Waals surface area contributed by atoms with E-state index in [9.17, 15) is 0 Å². The van der Waals surface area contributed by atoms with Crippen LogP contribution in [0.5, 0.6) is 0 Å². The van der Waals surface area contributed by atoms with Crippen molar-refractivity contribution in [2.24, 2.45) is 17.8 Å². The fraction of sp³-hybridized carbons (Fsp3) is 0.344. The average Bonchev–Trinajstić information content (AvgIpc) is 3.50. The third-order valence-electron chi connectivity index (χ3n) is 9.83. The zero-order valence-corrected chi connectivity index (χ0v) is 21.0. The average molecular weight is 484 g/mol. The van der Waals surface area contributed by atoms with Crippen LogP contribution in [0.2, 0.25) is 0 Å². The van der Waals surface area contributed by atoms with Gasteiger partial charge in [-0.1, -0.05) is 11.6 Å². The molecule has 182 valence electrons. The Kier molecular flexibility index (Phi) is 3.83. The molecule has 10 rings (SSSR count). The van der Waals surface area contributed by atoms with E-state index in [1.54, 1.807) is 0 Å². The maximum atomic E-state index is 5.36. The number of aryl methyl sites for hydroxylation is 1. The van der Waals surface area contributed by atoms with Gasteiger partial charge in [0.2, 0.25) is 0 Å². The Balaban J connectivity index is 1.37. The molecule has 6 aromatic rings. The van der Waals surface area contributed by atoms with Crippen LogP contribution >= 0.6 is 0 Å². The van der Waals surface area contributed by atoms with Gasteiger partial charge in [0.05, 0.1) is 22.1 Å². The monoisotopic (exact) mass is 483 g/mol. The molecule has 0 saturated heterocycles. The molecule has 0 spiro atoms. The lowest BCUT2D eigenvalue weighted by molar-refractivity contribution is -0.00662. The third kappa shape index (κ3) is 2.72. The van der Waals surface area contributed by atoms with Crippen LogP contribution in [0.25, 0.3) is 55.1 Å². The SMILES string of the molecule is Cc1ccc2[nH]c(C34CC5CC(CC(C5)C3)C4)c(-c3nc4c5cccnc5c5ncccc5c4[nH]3)c2c1. The number of rotatable bonds is 2. The van der Waals surface area contributed by atoms with E-state index in [1.807, 2.05) is 24.5 Å². The van der Waals surface area contributed by atoms with Gasteiger partial charge in [-0.05, 0) is 99.6 Å². The maximum Gasteiger partial charge on any atom is 0.141 e. The summed E-state index contributed by atoms with van der Waals surface area (Å²) in [6.07, 6.45) is 12.0. The highest BCUT2D eigenvalue weighted by atomic mass is 14.9. The molecule has 0 radical (unpaired) electrons. The van der Waals surface area contributed by atoms with Gasteiger partial charge >= 0.3 is 0 Å². The van der Waals surface area contributed by atoms with Gasteiger partial charge in [-0.2, -0.15) is 0 Å². The Hall–Kier alpha value is -3.73. The van der Waals surface area contributed by atoms with E-state index in [-0.39, 0.29) is 5.41 Å². The summed E-state index contributed by atoms with van der Waals surface area (Å²) in [5.41, 5.74) is 9.34. The Bertz CT molecular complexity index is 1780. The van der Waals surface area contributed by atoms with E-state index in [1.165, 1.54) is 66.2 Å². The quantitative estimate of drug-likeness (QED) is 0.249. The number of imidazole rings is 1. The summed E-state index contributed by atoms with van der Waals surface area (Å²) in [4.78, 5) is 22.6. The lowest BCUT2D eigenvalue weighted by atomic mass is 9.48. The number of aromatic amines is 2. The highest BCUT2D eigenvalue weighted by Gasteiger charge is 2.53. The smallest absolute Gasteiger partial charge is 0.141 e.